The lowest BCUT2D eigenvalue weighted by atomic mass is 10.1. The monoisotopic (exact) mass is 219 g/mol. The SMILES string of the molecule is CCC(=N)CCC(=O)Nc1ccc(N)cc1. The molecule has 0 aliphatic carbocycles. The predicted molar refractivity (Wildman–Crippen MR) is 66.7 cm³/mol. The smallest absolute Gasteiger partial charge is 0.224 e. The van der Waals surface area contributed by atoms with E-state index in [9.17, 15) is 4.79 Å². The fourth-order valence-electron chi connectivity index (χ4n) is 1.23. The van der Waals surface area contributed by atoms with Gasteiger partial charge in [0.25, 0.3) is 0 Å². The molecule has 0 spiro atoms. The van der Waals surface area contributed by atoms with Crippen LogP contribution in [0.4, 0.5) is 11.4 Å². The molecule has 1 amide bonds. The molecule has 0 fully saturated rings. The first-order valence-electron chi connectivity index (χ1n) is 5.33. The van der Waals surface area contributed by atoms with Crippen molar-refractivity contribution >= 4 is 23.0 Å². The number of hydrogen-bond acceptors (Lipinski definition) is 3. The summed E-state index contributed by atoms with van der Waals surface area (Å²) < 4.78 is 0. The number of amides is 1. The zero-order valence-corrected chi connectivity index (χ0v) is 9.42. The van der Waals surface area contributed by atoms with E-state index in [0.29, 0.717) is 30.7 Å². The summed E-state index contributed by atoms with van der Waals surface area (Å²) in [6.45, 7) is 1.92. The second-order valence-electron chi connectivity index (χ2n) is 3.63. The Bertz CT molecular complexity index is 370. The molecule has 0 aliphatic heterocycles. The van der Waals surface area contributed by atoms with Gasteiger partial charge in [0.05, 0.1) is 0 Å². The van der Waals surface area contributed by atoms with Crippen LogP contribution in [-0.2, 0) is 4.79 Å². The number of nitrogen functional groups attached to an aromatic ring is 1. The third kappa shape index (κ3) is 4.13. The Morgan fingerprint density at radius 1 is 1.31 bits per heavy atom. The van der Waals surface area contributed by atoms with Gasteiger partial charge < -0.3 is 16.5 Å². The summed E-state index contributed by atoms with van der Waals surface area (Å²) in [7, 11) is 0. The van der Waals surface area contributed by atoms with Crippen LogP contribution in [0, 0.1) is 5.41 Å². The Morgan fingerprint density at radius 2 is 1.94 bits per heavy atom. The summed E-state index contributed by atoms with van der Waals surface area (Å²) in [5.41, 5.74) is 7.55. The highest BCUT2D eigenvalue weighted by Crippen LogP contribution is 2.11. The molecule has 1 aromatic carbocycles. The molecule has 0 heterocycles. The van der Waals surface area contributed by atoms with Crippen LogP contribution in [-0.4, -0.2) is 11.6 Å². The first-order valence-corrected chi connectivity index (χ1v) is 5.33. The second-order valence-corrected chi connectivity index (χ2v) is 3.63. The summed E-state index contributed by atoms with van der Waals surface area (Å²) in [4.78, 5) is 11.5. The van der Waals surface area contributed by atoms with Gasteiger partial charge in [-0.3, -0.25) is 4.79 Å². The number of rotatable bonds is 5. The van der Waals surface area contributed by atoms with E-state index >= 15 is 0 Å². The van der Waals surface area contributed by atoms with Gasteiger partial charge >= 0.3 is 0 Å². The number of nitrogens with two attached hydrogens (primary N) is 1. The maximum atomic E-state index is 11.5. The lowest BCUT2D eigenvalue weighted by Crippen LogP contribution is -2.12. The Balaban J connectivity index is 2.40. The molecule has 86 valence electrons. The van der Waals surface area contributed by atoms with Gasteiger partial charge in [0, 0.05) is 23.5 Å². The molecule has 4 N–H and O–H groups in total. The highest BCUT2D eigenvalue weighted by atomic mass is 16.1. The van der Waals surface area contributed by atoms with E-state index in [4.69, 9.17) is 11.1 Å². The van der Waals surface area contributed by atoms with Crippen LogP contribution in [0.3, 0.4) is 0 Å². The Labute approximate surface area is 95.4 Å². The standard InChI is InChI=1S/C12H17N3O/c1-2-9(13)5-8-12(16)15-11-6-3-10(14)4-7-11/h3-4,6-7,13H,2,5,8,14H2,1H3,(H,15,16). The summed E-state index contributed by atoms with van der Waals surface area (Å²) in [6.07, 6.45) is 1.59. The van der Waals surface area contributed by atoms with Crippen molar-refractivity contribution in [3.8, 4) is 0 Å². The lowest BCUT2D eigenvalue weighted by molar-refractivity contribution is -0.116. The van der Waals surface area contributed by atoms with E-state index in [-0.39, 0.29) is 5.91 Å². The molecule has 4 heteroatoms. The summed E-state index contributed by atoms with van der Waals surface area (Å²) in [5.74, 6) is -0.0667. The van der Waals surface area contributed by atoms with Gasteiger partial charge in [-0.25, -0.2) is 0 Å². The quantitative estimate of drug-likeness (QED) is 0.525. The predicted octanol–water partition coefficient (Wildman–Crippen LogP) is 2.42. The van der Waals surface area contributed by atoms with Gasteiger partial charge in [0.2, 0.25) is 5.91 Å². The van der Waals surface area contributed by atoms with Crippen LogP contribution in [0.2, 0.25) is 0 Å². The van der Waals surface area contributed by atoms with Crippen molar-refractivity contribution in [2.75, 3.05) is 11.1 Å². The maximum absolute atomic E-state index is 11.5. The van der Waals surface area contributed by atoms with Crippen molar-refractivity contribution in [2.24, 2.45) is 0 Å². The average molecular weight is 219 g/mol. The van der Waals surface area contributed by atoms with Crippen LogP contribution in [0.5, 0.6) is 0 Å². The number of carbonyl (C=O) groups excluding carboxylic acids is 1. The molecule has 0 unspecified atom stereocenters. The fourth-order valence-corrected chi connectivity index (χ4v) is 1.23. The summed E-state index contributed by atoms with van der Waals surface area (Å²) in [6, 6.07) is 7.00. The van der Waals surface area contributed by atoms with Gasteiger partial charge in [-0.05, 0) is 37.1 Å². The third-order valence-electron chi connectivity index (χ3n) is 2.28. The van der Waals surface area contributed by atoms with Crippen molar-refractivity contribution < 1.29 is 4.79 Å². The number of hydrogen-bond donors (Lipinski definition) is 3. The Hall–Kier alpha value is -1.84. The molecule has 1 rings (SSSR count). The maximum Gasteiger partial charge on any atom is 0.224 e. The Kier molecular flexibility index (Phi) is 4.51. The first kappa shape index (κ1) is 12.2. The Morgan fingerprint density at radius 3 is 2.50 bits per heavy atom. The number of benzene rings is 1. The molecule has 0 bridgehead atoms. The van der Waals surface area contributed by atoms with Crippen LogP contribution < -0.4 is 11.1 Å². The zero-order valence-electron chi connectivity index (χ0n) is 9.42. The first-order chi connectivity index (χ1) is 7.61. The average Bonchev–Trinajstić information content (AvgIpc) is 2.29. The molecular formula is C12H17N3O. The molecule has 16 heavy (non-hydrogen) atoms. The summed E-state index contributed by atoms with van der Waals surface area (Å²) in [5, 5.41) is 10.2. The molecule has 0 aliphatic rings. The molecule has 0 aromatic heterocycles. The van der Waals surface area contributed by atoms with Gasteiger partial charge in [-0.15, -0.1) is 0 Å². The molecule has 0 saturated heterocycles. The van der Waals surface area contributed by atoms with Crippen LogP contribution in [0.1, 0.15) is 26.2 Å². The minimum absolute atomic E-state index is 0.0667. The van der Waals surface area contributed by atoms with Crippen LogP contribution in [0.25, 0.3) is 0 Å². The molecule has 0 radical (unpaired) electrons. The van der Waals surface area contributed by atoms with E-state index in [0.717, 1.165) is 5.69 Å². The van der Waals surface area contributed by atoms with Crippen molar-refractivity contribution in [1.82, 2.24) is 0 Å². The third-order valence-corrected chi connectivity index (χ3v) is 2.28. The van der Waals surface area contributed by atoms with E-state index < -0.39 is 0 Å². The largest absolute Gasteiger partial charge is 0.399 e. The van der Waals surface area contributed by atoms with Gasteiger partial charge in [0.15, 0.2) is 0 Å². The van der Waals surface area contributed by atoms with Gasteiger partial charge in [0.1, 0.15) is 0 Å². The normalized spacial score (nSPS) is 9.81. The lowest BCUT2D eigenvalue weighted by Gasteiger charge is -2.05. The van der Waals surface area contributed by atoms with E-state index in [2.05, 4.69) is 5.32 Å². The highest BCUT2D eigenvalue weighted by molar-refractivity contribution is 5.94. The highest BCUT2D eigenvalue weighted by Gasteiger charge is 2.03. The second kappa shape index (κ2) is 5.90. The van der Waals surface area contributed by atoms with Crippen LogP contribution >= 0.6 is 0 Å². The fraction of sp³-hybridized carbons (Fsp3) is 0.333. The molecule has 4 nitrogen and oxygen atoms in total. The number of carbonyl (C=O) groups is 1. The van der Waals surface area contributed by atoms with E-state index in [1.165, 1.54) is 0 Å². The molecule has 0 atom stereocenters. The molecular weight excluding hydrogens is 202 g/mol. The number of anilines is 2. The van der Waals surface area contributed by atoms with Crippen molar-refractivity contribution in [3.05, 3.63) is 24.3 Å². The summed E-state index contributed by atoms with van der Waals surface area (Å²) >= 11 is 0. The molecule has 1 aromatic rings. The van der Waals surface area contributed by atoms with Crippen LogP contribution in [0.15, 0.2) is 24.3 Å². The van der Waals surface area contributed by atoms with Gasteiger partial charge in [-0.2, -0.15) is 0 Å². The van der Waals surface area contributed by atoms with E-state index in [1.54, 1.807) is 24.3 Å². The van der Waals surface area contributed by atoms with Crippen molar-refractivity contribution in [1.29, 1.82) is 5.41 Å². The van der Waals surface area contributed by atoms with Crippen molar-refractivity contribution in [2.45, 2.75) is 26.2 Å². The van der Waals surface area contributed by atoms with Crippen molar-refractivity contribution in [3.63, 3.8) is 0 Å². The zero-order chi connectivity index (χ0) is 12.0. The van der Waals surface area contributed by atoms with Gasteiger partial charge in [-0.1, -0.05) is 6.92 Å². The topological polar surface area (TPSA) is 79.0 Å². The minimum Gasteiger partial charge on any atom is -0.399 e. The molecule has 0 saturated carbocycles. The van der Waals surface area contributed by atoms with E-state index in [1.807, 2.05) is 6.92 Å². The number of nitrogens with one attached hydrogen (secondary N) is 2. The minimum atomic E-state index is -0.0667.